The second kappa shape index (κ2) is 8.67. The Morgan fingerprint density at radius 3 is 2.53 bits per heavy atom. The van der Waals surface area contributed by atoms with Crippen molar-refractivity contribution in [3.63, 3.8) is 0 Å². The van der Waals surface area contributed by atoms with E-state index in [2.05, 4.69) is 25.9 Å². The molecule has 0 bridgehead atoms. The predicted molar refractivity (Wildman–Crippen MR) is 118 cm³/mol. The maximum Gasteiger partial charge on any atom is 0.323 e. The SMILES string of the molecule is Cc1ccc(NC(=O)Nc2ccc(Cl)cc2)cc1Nc1ncc(-c2cccnc2)o1. The van der Waals surface area contributed by atoms with Gasteiger partial charge < -0.3 is 20.4 Å². The number of pyridine rings is 1. The van der Waals surface area contributed by atoms with Crippen LogP contribution >= 0.6 is 11.6 Å². The van der Waals surface area contributed by atoms with Crippen LogP contribution in [0.3, 0.4) is 0 Å². The number of nitrogens with zero attached hydrogens (tertiary/aromatic N) is 2. The molecule has 0 atom stereocenters. The minimum absolute atomic E-state index is 0.347. The molecule has 7 nitrogen and oxygen atoms in total. The van der Waals surface area contributed by atoms with E-state index in [1.54, 1.807) is 42.9 Å². The lowest BCUT2D eigenvalue weighted by Gasteiger charge is -2.11. The molecule has 0 aliphatic heterocycles. The van der Waals surface area contributed by atoms with Crippen molar-refractivity contribution in [1.82, 2.24) is 9.97 Å². The van der Waals surface area contributed by atoms with Crippen LogP contribution in [0.4, 0.5) is 27.9 Å². The molecule has 4 aromatic rings. The molecule has 2 amide bonds. The smallest absolute Gasteiger partial charge is 0.323 e. The molecule has 3 N–H and O–H groups in total. The van der Waals surface area contributed by atoms with Crippen LogP contribution in [0.2, 0.25) is 5.02 Å². The highest BCUT2D eigenvalue weighted by atomic mass is 35.5. The summed E-state index contributed by atoms with van der Waals surface area (Å²) in [5.74, 6) is 0.611. The van der Waals surface area contributed by atoms with Crippen molar-refractivity contribution in [3.05, 3.63) is 83.8 Å². The Hall–Kier alpha value is -3.84. The quantitative estimate of drug-likeness (QED) is 0.364. The number of amides is 2. The predicted octanol–water partition coefficient (Wildman–Crippen LogP) is 6.09. The van der Waals surface area contributed by atoms with Gasteiger partial charge in [-0.2, -0.15) is 0 Å². The van der Waals surface area contributed by atoms with Gasteiger partial charge in [0.2, 0.25) is 0 Å². The van der Waals surface area contributed by atoms with Crippen LogP contribution in [0, 0.1) is 6.92 Å². The summed E-state index contributed by atoms with van der Waals surface area (Å²) in [4.78, 5) is 20.6. The van der Waals surface area contributed by atoms with E-state index in [4.69, 9.17) is 16.0 Å². The van der Waals surface area contributed by atoms with Crippen molar-refractivity contribution in [2.24, 2.45) is 0 Å². The first kappa shape index (κ1) is 19.5. The van der Waals surface area contributed by atoms with E-state index in [9.17, 15) is 4.79 Å². The highest BCUT2D eigenvalue weighted by molar-refractivity contribution is 6.30. The number of carbonyl (C=O) groups is 1. The van der Waals surface area contributed by atoms with Crippen LogP contribution in [0.1, 0.15) is 5.56 Å². The molecule has 0 unspecified atom stereocenters. The summed E-state index contributed by atoms with van der Waals surface area (Å²) in [6, 6.07) is 16.1. The van der Waals surface area contributed by atoms with E-state index < -0.39 is 0 Å². The van der Waals surface area contributed by atoms with Crippen molar-refractivity contribution >= 4 is 40.7 Å². The molecule has 0 saturated heterocycles. The van der Waals surface area contributed by atoms with E-state index in [-0.39, 0.29) is 6.03 Å². The number of urea groups is 1. The second-order valence-corrected chi connectivity index (χ2v) is 6.95. The van der Waals surface area contributed by atoms with Gasteiger partial charge in [0.1, 0.15) is 0 Å². The molecule has 8 heteroatoms. The topological polar surface area (TPSA) is 92.1 Å². The van der Waals surface area contributed by atoms with Gasteiger partial charge in [-0.15, -0.1) is 0 Å². The van der Waals surface area contributed by atoms with Gasteiger partial charge in [-0.05, 0) is 61.0 Å². The second-order valence-electron chi connectivity index (χ2n) is 6.51. The molecule has 2 aromatic carbocycles. The summed E-state index contributed by atoms with van der Waals surface area (Å²) in [7, 11) is 0. The Bertz CT molecular complexity index is 1160. The Balaban J connectivity index is 1.45. The average Bonchev–Trinajstić information content (AvgIpc) is 3.21. The number of aryl methyl sites for hydroxylation is 1. The Morgan fingerprint density at radius 2 is 1.77 bits per heavy atom. The fourth-order valence-electron chi connectivity index (χ4n) is 2.75. The monoisotopic (exact) mass is 419 g/mol. The number of hydrogen-bond acceptors (Lipinski definition) is 5. The largest absolute Gasteiger partial charge is 0.423 e. The zero-order valence-corrected chi connectivity index (χ0v) is 16.8. The Morgan fingerprint density at radius 1 is 1.00 bits per heavy atom. The summed E-state index contributed by atoms with van der Waals surface area (Å²) in [5.41, 5.74) is 3.83. The third-order valence-corrected chi connectivity index (χ3v) is 4.54. The lowest BCUT2D eigenvalue weighted by atomic mass is 10.2. The molecular formula is C22H18ClN5O2. The van der Waals surface area contributed by atoms with Crippen LogP contribution in [0.5, 0.6) is 0 Å². The van der Waals surface area contributed by atoms with Gasteiger partial charge in [0.15, 0.2) is 5.76 Å². The standard InChI is InChI=1S/C22H18ClN5O2/c1-14-4-7-18(27-21(29)26-17-8-5-16(23)6-9-17)11-19(14)28-22-25-13-20(30-22)15-3-2-10-24-12-15/h2-13H,1H3,(H,25,28)(H2,26,27,29). The highest BCUT2D eigenvalue weighted by Gasteiger charge is 2.10. The van der Waals surface area contributed by atoms with E-state index >= 15 is 0 Å². The highest BCUT2D eigenvalue weighted by Crippen LogP contribution is 2.27. The van der Waals surface area contributed by atoms with E-state index in [1.165, 1.54) is 0 Å². The van der Waals surface area contributed by atoms with Crippen molar-refractivity contribution < 1.29 is 9.21 Å². The molecule has 2 aromatic heterocycles. The average molecular weight is 420 g/mol. The first-order chi connectivity index (χ1) is 14.6. The summed E-state index contributed by atoms with van der Waals surface area (Å²) in [6.45, 7) is 1.95. The number of oxazole rings is 1. The summed E-state index contributed by atoms with van der Waals surface area (Å²) >= 11 is 5.86. The van der Waals surface area contributed by atoms with Crippen LogP contribution in [-0.2, 0) is 0 Å². The van der Waals surface area contributed by atoms with Crippen LogP contribution in [0.15, 0.2) is 77.6 Å². The maximum absolute atomic E-state index is 12.3. The van der Waals surface area contributed by atoms with E-state index in [1.807, 2.05) is 37.3 Å². The number of hydrogen-bond donors (Lipinski definition) is 3. The summed E-state index contributed by atoms with van der Waals surface area (Å²) < 4.78 is 5.77. The van der Waals surface area contributed by atoms with Crippen molar-refractivity contribution in [3.8, 4) is 11.3 Å². The van der Waals surface area contributed by atoms with Gasteiger partial charge in [0, 0.05) is 40.0 Å². The lowest BCUT2D eigenvalue weighted by Crippen LogP contribution is -2.19. The number of anilines is 4. The van der Waals surface area contributed by atoms with Crippen LogP contribution < -0.4 is 16.0 Å². The molecule has 30 heavy (non-hydrogen) atoms. The third-order valence-electron chi connectivity index (χ3n) is 4.29. The maximum atomic E-state index is 12.3. The lowest BCUT2D eigenvalue weighted by molar-refractivity contribution is 0.262. The minimum Gasteiger partial charge on any atom is -0.423 e. The molecular weight excluding hydrogens is 402 g/mol. The Kier molecular flexibility index (Phi) is 5.63. The molecule has 0 radical (unpaired) electrons. The summed E-state index contributed by atoms with van der Waals surface area (Å²) in [5, 5.41) is 9.32. The zero-order chi connectivity index (χ0) is 20.9. The van der Waals surface area contributed by atoms with Gasteiger partial charge in [0.05, 0.1) is 6.20 Å². The number of carbonyl (C=O) groups excluding carboxylic acids is 1. The van der Waals surface area contributed by atoms with Crippen molar-refractivity contribution in [2.45, 2.75) is 6.92 Å². The van der Waals surface area contributed by atoms with Gasteiger partial charge >= 0.3 is 6.03 Å². The van der Waals surface area contributed by atoms with Crippen LogP contribution in [0.25, 0.3) is 11.3 Å². The number of nitrogens with one attached hydrogen (secondary N) is 3. The van der Waals surface area contributed by atoms with Crippen molar-refractivity contribution in [2.75, 3.05) is 16.0 Å². The van der Waals surface area contributed by atoms with Crippen molar-refractivity contribution in [1.29, 1.82) is 0 Å². The zero-order valence-electron chi connectivity index (χ0n) is 16.0. The summed E-state index contributed by atoms with van der Waals surface area (Å²) in [6.07, 6.45) is 5.04. The number of aromatic nitrogens is 2. The molecule has 0 aliphatic carbocycles. The van der Waals surface area contributed by atoms with Gasteiger partial charge in [-0.25, -0.2) is 9.78 Å². The molecule has 0 aliphatic rings. The third kappa shape index (κ3) is 4.76. The Labute approximate surface area is 178 Å². The first-order valence-electron chi connectivity index (χ1n) is 9.14. The normalized spacial score (nSPS) is 10.5. The fraction of sp³-hybridized carbons (Fsp3) is 0.0455. The van der Waals surface area contributed by atoms with Gasteiger partial charge in [-0.3, -0.25) is 4.98 Å². The van der Waals surface area contributed by atoms with E-state index in [0.29, 0.717) is 28.2 Å². The number of rotatable bonds is 5. The van der Waals surface area contributed by atoms with E-state index in [0.717, 1.165) is 16.8 Å². The first-order valence-corrected chi connectivity index (χ1v) is 9.52. The van der Waals surface area contributed by atoms with Gasteiger partial charge in [-0.1, -0.05) is 17.7 Å². The molecule has 150 valence electrons. The van der Waals surface area contributed by atoms with Gasteiger partial charge in [0.25, 0.3) is 6.01 Å². The molecule has 0 fully saturated rings. The molecule has 4 rings (SSSR count). The molecule has 0 saturated carbocycles. The molecule has 2 heterocycles. The fourth-order valence-corrected chi connectivity index (χ4v) is 2.88. The minimum atomic E-state index is -0.359. The number of benzene rings is 2. The molecule has 0 spiro atoms. The number of halogens is 1. The van der Waals surface area contributed by atoms with Crippen LogP contribution in [-0.4, -0.2) is 16.0 Å².